The molecule has 0 saturated carbocycles. The topological polar surface area (TPSA) is 204 Å². The summed E-state index contributed by atoms with van der Waals surface area (Å²) in [6.07, 6.45) is 8.24. The number of ether oxygens (including phenoxy) is 1. The number of primary amides is 1. The summed E-state index contributed by atoms with van der Waals surface area (Å²) in [6.45, 7) is 30.3. The lowest BCUT2D eigenvalue weighted by atomic mass is 9.94. The van der Waals surface area contributed by atoms with Gasteiger partial charge in [0.1, 0.15) is 12.4 Å². The van der Waals surface area contributed by atoms with Gasteiger partial charge in [0.05, 0.1) is 56.5 Å². The maximum atomic E-state index is 11.1. The number of aldehydes is 1. The number of rotatable bonds is 4. The van der Waals surface area contributed by atoms with Crippen LogP contribution in [-0.2, 0) is 19.1 Å². The van der Waals surface area contributed by atoms with Crippen LogP contribution in [0.3, 0.4) is 0 Å². The van der Waals surface area contributed by atoms with E-state index in [2.05, 4.69) is 6.08 Å². The Kier molecular flexibility index (Phi) is 12.1. The molecule has 1 fully saturated rings. The van der Waals surface area contributed by atoms with Gasteiger partial charge in [0.15, 0.2) is 0 Å². The molecule has 5 rings (SSSR count). The molecule has 1 atom stereocenters. The third-order valence-electron chi connectivity index (χ3n) is 10.3. The van der Waals surface area contributed by atoms with Crippen molar-refractivity contribution in [2.75, 3.05) is 6.61 Å². The predicted octanol–water partition coefficient (Wildman–Crippen LogP) is 4.87. The zero-order chi connectivity index (χ0) is 40.3. The third-order valence-corrected chi connectivity index (χ3v) is 10.3. The molecule has 1 saturated heterocycles. The number of carbonyl (C=O) groups is 3. The Bertz CT molecular complexity index is 1450. The van der Waals surface area contributed by atoms with E-state index in [4.69, 9.17) is 15.6 Å². The molecule has 1 amide bonds. The average Bonchev–Trinajstić information content (AvgIpc) is 3.73. The van der Waals surface area contributed by atoms with Crippen molar-refractivity contribution in [3.63, 3.8) is 0 Å². The third kappa shape index (κ3) is 8.55. The zero-order valence-electron chi connectivity index (χ0n) is 33.4. The Balaban J connectivity index is 0.000000236. The van der Waals surface area contributed by atoms with E-state index >= 15 is 0 Å². The molecule has 0 aromatic rings. The lowest BCUT2D eigenvalue weighted by Crippen LogP contribution is -2.49. The second kappa shape index (κ2) is 13.9. The molecular formula is C37H63N5O9. The van der Waals surface area contributed by atoms with Gasteiger partial charge in [0, 0.05) is 11.1 Å². The smallest absolute Gasteiger partial charge is 0.333 e. The van der Waals surface area contributed by atoms with Gasteiger partial charge in [-0.3, -0.25) is 9.59 Å². The van der Waals surface area contributed by atoms with Crippen molar-refractivity contribution in [2.45, 2.75) is 161 Å². The van der Waals surface area contributed by atoms with E-state index in [1.807, 2.05) is 69.2 Å². The Morgan fingerprint density at radius 2 is 0.961 bits per heavy atom. The van der Waals surface area contributed by atoms with Crippen LogP contribution in [0.2, 0.25) is 0 Å². The molecule has 0 aromatic carbocycles. The molecule has 51 heavy (non-hydrogen) atoms. The molecule has 14 nitrogen and oxygen atoms in total. The summed E-state index contributed by atoms with van der Waals surface area (Å²) in [5.41, 5.74) is 3.51. The number of nitrogens with two attached hydrogens (primary N) is 1. The number of carbonyl (C=O) groups excluding carboxylic acids is 2. The van der Waals surface area contributed by atoms with E-state index in [1.54, 1.807) is 59.8 Å². The van der Waals surface area contributed by atoms with Crippen LogP contribution in [0.1, 0.15) is 111 Å². The number of carboxylic acids is 1. The Morgan fingerprint density at radius 1 is 0.627 bits per heavy atom. The molecule has 0 bridgehead atoms. The van der Waals surface area contributed by atoms with Gasteiger partial charge in [-0.1, -0.05) is 24.3 Å². The molecule has 0 radical (unpaired) electrons. The van der Waals surface area contributed by atoms with Crippen molar-refractivity contribution in [1.82, 2.24) is 20.3 Å². The Labute approximate surface area is 303 Å². The van der Waals surface area contributed by atoms with Crippen LogP contribution in [0.25, 0.3) is 0 Å². The van der Waals surface area contributed by atoms with Crippen molar-refractivity contribution < 1.29 is 45.1 Å². The summed E-state index contributed by atoms with van der Waals surface area (Å²) in [5.74, 6) is -1.45. The first-order chi connectivity index (χ1) is 22.6. The van der Waals surface area contributed by atoms with Crippen molar-refractivity contribution >= 4 is 18.2 Å². The SMILES string of the molecule is CC1(C)C=C(C(=O)O)C(C)(C)N1O.CC1(C)C=C(C(N)=O)C(C)(C)N1O.CC1(C)C=C(C2CO2)C(C)(C)N1O.CC1(C)C=C(C=O)C(C)(C)N1O. The monoisotopic (exact) mass is 721 g/mol. The molecule has 7 N–H and O–H groups in total. The van der Waals surface area contributed by atoms with E-state index in [9.17, 15) is 35.2 Å². The van der Waals surface area contributed by atoms with Gasteiger partial charge in [-0.25, -0.2) is 4.79 Å². The van der Waals surface area contributed by atoms with Gasteiger partial charge >= 0.3 is 5.97 Å². The molecule has 5 heterocycles. The number of hydroxylamine groups is 8. The van der Waals surface area contributed by atoms with E-state index < -0.39 is 45.1 Å². The maximum absolute atomic E-state index is 11.1. The quantitative estimate of drug-likeness (QED) is 0.131. The molecule has 5 aliphatic rings. The van der Waals surface area contributed by atoms with Gasteiger partial charge in [-0.05, 0) is 116 Å². The second-order valence-corrected chi connectivity index (χ2v) is 18.0. The number of hydrogen-bond acceptors (Lipinski definition) is 12. The van der Waals surface area contributed by atoms with Gasteiger partial charge in [-0.15, -0.1) is 0 Å². The van der Waals surface area contributed by atoms with Crippen LogP contribution in [0.4, 0.5) is 0 Å². The van der Waals surface area contributed by atoms with Gasteiger partial charge < -0.3 is 36.4 Å². The van der Waals surface area contributed by atoms with Crippen LogP contribution < -0.4 is 5.73 Å². The fraction of sp³-hybridized carbons (Fsp3) is 0.703. The van der Waals surface area contributed by atoms with Crippen molar-refractivity contribution in [1.29, 1.82) is 0 Å². The van der Waals surface area contributed by atoms with E-state index in [0.717, 1.165) is 23.0 Å². The van der Waals surface area contributed by atoms with Crippen molar-refractivity contribution in [2.24, 2.45) is 5.73 Å². The predicted molar refractivity (Wildman–Crippen MR) is 192 cm³/mol. The largest absolute Gasteiger partial charge is 0.478 e. The summed E-state index contributed by atoms with van der Waals surface area (Å²) in [4.78, 5) is 32.6. The summed E-state index contributed by atoms with van der Waals surface area (Å²) < 4.78 is 5.26. The highest BCUT2D eigenvalue weighted by molar-refractivity contribution is 5.95. The minimum Gasteiger partial charge on any atom is -0.478 e. The van der Waals surface area contributed by atoms with Gasteiger partial charge in [0.2, 0.25) is 5.91 Å². The van der Waals surface area contributed by atoms with Crippen LogP contribution in [0, 0.1) is 0 Å². The fourth-order valence-electron chi connectivity index (χ4n) is 7.36. The lowest BCUT2D eigenvalue weighted by molar-refractivity contribution is -0.187. The first kappa shape index (κ1) is 44.4. The van der Waals surface area contributed by atoms with E-state index in [-0.39, 0.29) is 22.8 Å². The normalized spacial score (nSPS) is 28.7. The summed E-state index contributed by atoms with van der Waals surface area (Å²) in [5, 5.41) is 52.9. The van der Waals surface area contributed by atoms with E-state index in [1.165, 1.54) is 15.7 Å². The maximum Gasteiger partial charge on any atom is 0.333 e. The molecule has 0 aliphatic carbocycles. The Hall–Kier alpha value is -2.79. The van der Waals surface area contributed by atoms with E-state index in [0.29, 0.717) is 11.1 Å². The average molecular weight is 722 g/mol. The van der Waals surface area contributed by atoms with Crippen molar-refractivity contribution in [3.05, 3.63) is 46.6 Å². The zero-order valence-corrected chi connectivity index (χ0v) is 33.4. The summed E-state index contributed by atoms with van der Waals surface area (Å²) in [6, 6.07) is 0. The first-order valence-corrected chi connectivity index (χ1v) is 17.1. The fourth-order valence-corrected chi connectivity index (χ4v) is 7.36. The summed E-state index contributed by atoms with van der Waals surface area (Å²) in [7, 11) is 0. The minimum atomic E-state index is -0.977. The lowest BCUT2D eigenvalue weighted by Gasteiger charge is -2.36. The minimum absolute atomic E-state index is 0.236. The number of amides is 1. The first-order valence-electron chi connectivity index (χ1n) is 17.1. The molecule has 14 heteroatoms. The number of nitrogens with zero attached hydrogens (tertiary/aromatic N) is 4. The standard InChI is InChI=1S/C10H17NO2.C9H16N2O2.C9H15NO3.C9H15NO2/c1-9(2)5-7(8-6-13-8)10(3,4)11(9)12;1-8(2)5-6(7(10)12)9(3,4)11(8)13;1-8(2)5-6(7(11)12)9(3,4)10(8)13;1-8(2)5-7(6-11)9(3,4)10(8)12/h5,8,12H,6H2,1-4H3;5,13H,1-4H3,(H2,10,12);5,13H,1-4H3,(H,11,12);5-6,12H,1-4H3. The van der Waals surface area contributed by atoms with Crippen molar-refractivity contribution in [3.8, 4) is 0 Å². The molecule has 5 aliphatic heterocycles. The van der Waals surface area contributed by atoms with Crippen LogP contribution in [-0.4, -0.2) is 121 Å². The molecule has 0 aromatic heterocycles. The highest BCUT2D eigenvalue weighted by Gasteiger charge is 2.51. The second-order valence-electron chi connectivity index (χ2n) is 18.0. The van der Waals surface area contributed by atoms with Crippen LogP contribution in [0.5, 0.6) is 0 Å². The summed E-state index contributed by atoms with van der Waals surface area (Å²) >= 11 is 0. The number of epoxide rings is 1. The van der Waals surface area contributed by atoms with Gasteiger partial charge in [-0.2, -0.15) is 20.3 Å². The highest BCUT2D eigenvalue weighted by Crippen LogP contribution is 2.43. The molecular weight excluding hydrogens is 658 g/mol. The van der Waals surface area contributed by atoms with Crippen LogP contribution >= 0.6 is 0 Å². The highest BCUT2D eigenvalue weighted by atomic mass is 16.6. The van der Waals surface area contributed by atoms with Crippen LogP contribution in [0.15, 0.2) is 46.6 Å². The Morgan fingerprint density at radius 3 is 1.14 bits per heavy atom. The number of carboxylic acid groups (broad SMARTS) is 1. The molecule has 1 unspecified atom stereocenters. The number of aliphatic carboxylic acids is 1. The van der Waals surface area contributed by atoms with Gasteiger partial charge in [0.25, 0.3) is 0 Å². The number of hydrogen-bond donors (Lipinski definition) is 6. The molecule has 0 spiro atoms. The molecule has 290 valence electrons.